The van der Waals surface area contributed by atoms with E-state index in [0.29, 0.717) is 15.8 Å². The summed E-state index contributed by atoms with van der Waals surface area (Å²) in [6.45, 7) is 0. The molecule has 25 heavy (non-hydrogen) atoms. The smallest absolute Gasteiger partial charge is 0.284 e. The Bertz CT molecular complexity index is 1240. The van der Waals surface area contributed by atoms with E-state index < -0.39 is 0 Å². The van der Waals surface area contributed by atoms with Crippen LogP contribution in [-0.2, 0) is 12.8 Å². The van der Waals surface area contributed by atoms with Crippen LogP contribution in [0.4, 0.5) is 0 Å². The molecule has 1 aliphatic carbocycles. The Hall–Kier alpha value is -2.80. The number of aromatic nitrogens is 4. The molecule has 0 atom stereocenters. The summed E-state index contributed by atoms with van der Waals surface area (Å²) >= 11 is 1.56. The van der Waals surface area contributed by atoms with Crippen molar-refractivity contribution in [2.75, 3.05) is 0 Å². The summed E-state index contributed by atoms with van der Waals surface area (Å²) in [4.78, 5) is 34.6. The first kappa shape index (κ1) is 14.5. The molecule has 0 radical (unpaired) electrons. The molecule has 124 valence electrons. The lowest BCUT2D eigenvalue weighted by Gasteiger charge is -2.09. The van der Waals surface area contributed by atoms with Gasteiger partial charge < -0.3 is 0 Å². The number of fused-ring (bicyclic) bond motifs is 4. The molecule has 0 saturated carbocycles. The van der Waals surface area contributed by atoms with Gasteiger partial charge in [0.1, 0.15) is 4.83 Å². The highest BCUT2D eigenvalue weighted by atomic mass is 32.1. The van der Waals surface area contributed by atoms with E-state index >= 15 is 0 Å². The van der Waals surface area contributed by atoms with Crippen molar-refractivity contribution in [3.63, 3.8) is 0 Å². The van der Waals surface area contributed by atoms with Gasteiger partial charge in [0.15, 0.2) is 5.69 Å². The first-order valence-electron chi connectivity index (χ1n) is 8.25. The van der Waals surface area contributed by atoms with Gasteiger partial charge in [0.25, 0.3) is 11.1 Å². The van der Waals surface area contributed by atoms with Crippen LogP contribution in [0.3, 0.4) is 0 Å². The number of H-pyrrole nitrogens is 1. The molecule has 7 heteroatoms. The number of thiophene rings is 1. The lowest BCUT2D eigenvalue weighted by molar-refractivity contribution is 0.699. The average molecular weight is 350 g/mol. The van der Waals surface area contributed by atoms with Crippen LogP contribution in [0.15, 0.2) is 39.9 Å². The van der Waals surface area contributed by atoms with Crippen LogP contribution < -0.4 is 11.1 Å². The second-order valence-corrected chi connectivity index (χ2v) is 7.30. The third-order valence-corrected chi connectivity index (χ3v) is 5.84. The van der Waals surface area contributed by atoms with Gasteiger partial charge >= 0.3 is 0 Å². The van der Waals surface area contributed by atoms with Crippen LogP contribution in [0.2, 0.25) is 0 Å². The van der Waals surface area contributed by atoms with Crippen molar-refractivity contribution in [3.05, 3.63) is 61.5 Å². The molecular weight excluding hydrogens is 336 g/mol. The number of nitrogens with zero attached hydrogens (tertiary/aromatic N) is 3. The summed E-state index contributed by atoms with van der Waals surface area (Å²) in [5.41, 5.74) is 1.46. The first-order valence-corrected chi connectivity index (χ1v) is 9.07. The van der Waals surface area contributed by atoms with E-state index in [2.05, 4.69) is 15.1 Å². The third kappa shape index (κ3) is 2.16. The predicted molar refractivity (Wildman–Crippen MR) is 97.3 cm³/mol. The molecule has 0 aliphatic heterocycles. The molecule has 3 aromatic heterocycles. The summed E-state index contributed by atoms with van der Waals surface area (Å²) in [5, 5.41) is 4.99. The van der Waals surface area contributed by atoms with E-state index in [0.717, 1.165) is 31.2 Å². The van der Waals surface area contributed by atoms with Crippen LogP contribution in [-0.4, -0.2) is 19.6 Å². The Morgan fingerprint density at radius 1 is 1.08 bits per heavy atom. The highest BCUT2D eigenvalue weighted by Gasteiger charge is 2.21. The Labute approximate surface area is 145 Å². The third-order valence-electron chi connectivity index (χ3n) is 4.65. The molecule has 1 aromatic carbocycles. The number of hydrogen-bond acceptors (Lipinski definition) is 5. The number of aryl methyl sites for hydroxylation is 2. The van der Waals surface area contributed by atoms with E-state index in [1.165, 1.54) is 9.39 Å². The molecule has 3 heterocycles. The Kier molecular flexibility index (Phi) is 3.11. The summed E-state index contributed by atoms with van der Waals surface area (Å²) < 4.78 is 1.23. The maximum absolute atomic E-state index is 13.1. The minimum Gasteiger partial charge on any atom is -0.289 e. The summed E-state index contributed by atoms with van der Waals surface area (Å²) in [7, 11) is 0. The van der Waals surface area contributed by atoms with Crippen molar-refractivity contribution in [2.24, 2.45) is 0 Å². The monoisotopic (exact) mass is 350 g/mol. The van der Waals surface area contributed by atoms with E-state index in [1.807, 2.05) is 18.2 Å². The van der Waals surface area contributed by atoms with E-state index in [4.69, 9.17) is 0 Å². The standard InChI is InChI=1S/C18H14N4O2S/c23-15-14(10-6-2-1-3-7-10)21-22-17(24)13-11-8-4-5-9-12(11)25-16(13)20-18(22)19-15/h1-3,6-7H,4-5,8-9H2,(H,19,20,23). The SMILES string of the molecule is O=c1[nH]c2nc3sc4c(c3c(=O)n2nc1-c1ccccc1)CCCC4. The second-order valence-electron chi connectivity index (χ2n) is 6.21. The zero-order valence-corrected chi connectivity index (χ0v) is 14.1. The molecule has 5 rings (SSSR count). The number of rotatable bonds is 1. The van der Waals surface area contributed by atoms with Crippen LogP contribution >= 0.6 is 11.3 Å². The van der Waals surface area contributed by atoms with Gasteiger partial charge in [-0.25, -0.2) is 4.98 Å². The minimum absolute atomic E-state index is 0.195. The largest absolute Gasteiger partial charge is 0.289 e. The van der Waals surface area contributed by atoms with E-state index in [9.17, 15) is 9.59 Å². The molecule has 0 amide bonds. The average Bonchev–Trinajstić information content (AvgIpc) is 3.00. The van der Waals surface area contributed by atoms with Crippen molar-refractivity contribution in [1.29, 1.82) is 0 Å². The summed E-state index contributed by atoms with van der Waals surface area (Å²) in [6.07, 6.45) is 4.15. The number of nitrogens with one attached hydrogen (secondary N) is 1. The predicted octanol–water partition coefficient (Wildman–Crippen LogP) is 2.54. The van der Waals surface area contributed by atoms with Gasteiger partial charge in [-0.05, 0) is 31.2 Å². The zero-order chi connectivity index (χ0) is 17.0. The summed E-state index contributed by atoms with van der Waals surface area (Å²) in [6, 6.07) is 9.13. The lowest BCUT2D eigenvalue weighted by Crippen LogP contribution is -2.25. The second kappa shape index (κ2) is 5.35. The van der Waals surface area contributed by atoms with Gasteiger partial charge in [-0.15, -0.1) is 11.3 Å². The Morgan fingerprint density at radius 2 is 1.88 bits per heavy atom. The van der Waals surface area contributed by atoms with Crippen LogP contribution in [0.1, 0.15) is 23.3 Å². The van der Waals surface area contributed by atoms with Crippen LogP contribution in [0, 0.1) is 0 Å². The number of aromatic amines is 1. The van der Waals surface area contributed by atoms with Crippen LogP contribution in [0.5, 0.6) is 0 Å². The molecule has 0 saturated heterocycles. The summed E-state index contributed by atoms with van der Waals surface area (Å²) in [5.74, 6) is 0.195. The molecular formula is C18H14N4O2S. The van der Waals surface area contributed by atoms with Crippen molar-refractivity contribution in [3.8, 4) is 11.3 Å². The number of benzene rings is 1. The molecule has 6 nitrogen and oxygen atoms in total. The lowest BCUT2D eigenvalue weighted by atomic mass is 9.97. The normalized spacial score (nSPS) is 14.1. The highest BCUT2D eigenvalue weighted by molar-refractivity contribution is 7.18. The fraction of sp³-hybridized carbons (Fsp3) is 0.222. The van der Waals surface area contributed by atoms with Crippen molar-refractivity contribution in [2.45, 2.75) is 25.7 Å². The topological polar surface area (TPSA) is 80.1 Å². The Morgan fingerprint density at radius 3 is 2.72 bits per heavy atom. The molecule has 0 fully saturated rings. The molecule has 0 unspecified atom stereocenters. The van der Waals surface area contributed by atoms with Crippen molar-refractivity contribution in [1.82, 2.24) is 19.6 Å². The maximum Gasteiger partial charge on any atom is 0.284 e. The van der Waals surface area contributed by atoms with E-state index in [-0.39, 0.29) is 22.6 Å². The van der Waals surface area contributed by atoms with Gasteiger partial charge in [-0.2, -0.15) is 9.61 Å². The number of hydrogen-bond donors (Lipinski definition) is 1. The molecule has 1 aliphatic rings. The fourth-order valence-electron chi connectivity index (χ4n) is 3.46. The molecule has 0 bridgehead atoms. The molecule has 1 N–H and O–H groups in total. The van der Waals surface area contributed by atoms with Gasteiger partial charge in [-0.1, -0.05) is 30.3 Å². The van der Waals surface area contributed by atoms with E-state index in [1.54, 1.807) is 23.5 Å². The van der Waals surface area contributed by atoms with Crippen molar-refractivity contribution < 1.29 is 0 Å². The highest BCUT2D eigenvalue weighted by Crippen LogP contribution is 2.33. The Balaban J connectivity index is 1.87. The van der Waals surface area contributed by atoms with Gasteiger partial charge in [-0.3, -0.25) is 14.6 Å². The minimum atomic E-state index is -0.348. The zero-order valence-electron chi connectivity index (χ0n) is 13.3. The van der Waals surface area contributed by atoms with Crippen LogP contribution in [0.25, 0.3) is 27.3 Å². The van der Waals surface area contributed by atoms with Gasteiger partial charge in [0.05, 0.1) is 5.39 Å². The van der Waals surface area contributed by atoms with Gasteiger partial charge in [0, 0.05) is 10.4 Å². The first-order chi connectivity index (χ1) is 12.2. The van der Waals surface area contributed by atoms with Crippen molar-refractivity contribution >= 4 is 27.3 Å². The van der Waals surface area contributed by atoms with Gasteiger partial charge in [0.2, 0.25) is 5.78 Å². The quantitative estimate of drug-likeness (QED) is 0.572. The maximum atomic E-state index is 13.1. The molecule has 4 aromatic rings. The molecule has 0 spiro atoms. The fourth-order valence-corrected chi connectivity index (χ4v) is 4.71.